The molecule has 5 nitrogen and oxygen atoms in total. The summed E-state index contributed by atoms with van der Waals surface area (Å²) in [5, 5.41) is -0.00141. The third-order valence-electron chi connectivity index (χ3n) is 1.68. The minimum Gasteiger partial charge on any atom is -0.384 e. The number of hydrogen-bond donors (Lipinski definition) is 1. The molecule has 0 aromatic carbocycles. The Morgan fingerprint density at radius 1 is 1.39 bits per heavy atom. The smallest absolute Gasteiger partial charge is 0.384 e. The summed E-state index contributed by atoms with van der Waals surface area (Å²) in [5.74, 6) is -1.68. The van der Waals surface area contributed by atoms with Gasteiger partial charge in [-0.05, 0) is 0 Å². The molecule has 0 saturated carbocycles. The third kappa shape index (κ3) is 5.08. The van der Waals surface area contributed by atoms with Crippen LogP contribution in [0.1, 0.15) is 5.82 Å². The lowest BCUT2D eigenvalue weighted by Crippen LogP contribution is -2.13. The maximum atomic E-state index is 12.4. The van der Waals surface area contributed by atoms with Crippen LogP contribution in [0.5, 0.6) is 0 Å². The molecule has 0 spiro atoms. The van der Waals surface area contributed by atoms with Gasteiger partial charge in [-0.3, -0.25) is 0 Å². The highest BCUT2D eigenvalue weighted by molar-refractivity contribution is 8.00. The number of halogens is 3. The lowest BCUT2D eigenvalue weighted by Gasteiger charge is -2.07. The van der Waals surface area contributed by atoms with E-state index in [1.807, 2.05) is 0 Å². The van der Waals surface area contributed by atoms with E-state index in [1.165, 1.54) is 6.07 Å². The zero-order valence-electron chi connectivity index (χ0n) is 9.23. The van der Waals surface area contributed by atoms with Crippen LogP contribution in [0.25, 0.3) is 0 Å². The van der Waals surface area contributed by atoms with Gasteiger partial charge < -0.3 is 5.73 Å². The van der Waals surface area contributed by atoms with Gasteiger partial charge >= 0.3 is 6.18 Å². The molecule has 1 aromatic rings. The fourth-order valence-electron chi connectivity index (χ4n) is 0.941. The van der Waals surface area contributed by atoms with Crippen molar-refractivity contribution in [3.8, 4) is 0 Å². The number of aromatic nitrogens is 2. The number of sulfone groups is 1. The Labute approximate surface area is 106 Å². The highest BCUT2D eigenvalue weighted by Crippen LogP contribution is 2.28. The number of nitrogens with two attached hydrogens (primary N) is 1. The molecule has 1 rings (SSSR count). The highest BCUT2D eigenvalue weighted by Gasteiger charge is 2.35. The van der Waals surface area contributed by atoms with E-state index in [0.717, 1.165) is 18.0 Å². The van der Waals surface area contributed by atoms with Gasteiger partial charge in [0.1, 0.15) is 20.7 Å². The number of anilines is 1. The van der Waals surface area contributed by atoms with E-state index in [-0.39, 0.29) is 22.3 Å². The molecule has 0 aliphatic rings. The molecule has 0 aliphatic heterocycles. The van der Waals surface area contributed by atoms with Crippen LogP contribution in [0, 0.1) is 0 Å². The second kappa shape index (κ2) is 5.31. The molecule has 10 heteroatoms. The third-order valence-corrected chi connectivity index (χ3v) is 3.80. The number of thioether (sulfide) groups is 1. The van der Waals surface area contributed by atoms with Crippen molar-refractivity contribution in [2.45, 2.75) is 11.2 Å². The Morgan fingerprint density at radius 2 is 2.00 bits per heavy atom. The Balaban J connectivity index is 2.81. The number of alkyl halides is 3. The lowest BCUT2D eigenvalue weighted by atomic mass is 10.5. The minimum absolute atomic E-state index is 0.00141. The normalized spacial score (nSPS) is 12.7. The van der Waals surface area contributed by atoms with E-state index >= 15 is 0 Å². The molecule has 0 fully saturated rings. The molecule has 1 heterocycles. The number of rotatable bonds is 4. The van der Waals surface area contributed by atoms with Gasteiger partial charge in [0.25, 0.3) is 0 Å². The van der Waals surface area contributed by atoms with Gasteiger partial charge in [0.05, 0.1) is 5.75 Å². The molecule has 0 saturated heterocycles. The van der Waals surface area contributed by atoms with Gasteiger partial charge in [-0.2, -0.15) is 13.2 Å². The fraction of sp³-hybridized carbons (Fsp3) is 0.500. The van der Waals surface area contributed by atoms with Gasteiger partial charge in [-0.1, -0.05) is 0 Å². The van der Waals surface area contributed by atoms with Crippen molar-refractivity contribution in [3.63, 3.8) is 0 Å². The molecule has 0 unspecified atom stereocenters. The predicted octanol–water partition coefficient (Wildman–Crippen LogP) is 1.21. The van der Waals surface area contributed by atoms with Crippen LogP contribution >= 0.6 is 11.8 Å². The second-order valence-electron chi connectivity index (χ2n) is 3.43. The molecule has 1 aromatic heterocycles. The molecule has 0 atom stereocenters. The molecular formula is C8H10F3N3O2S2. The average Bonchev–Trinajstić information content (AvgIpc) is 2.13. The Kier molecular flexibility index (Phi) is 4.43. The summed E-state index contributed by atoms with van der Waals surface area (Å²) in [7, 11) is -3.16. The summed E-state index contributed by atoms with van der Waals surface area (Å²) < 4.78 is 58.8. The molecule has 0 radical (unpaired) electrons. The number of hydrogen-bond acceptors (Lipinski definition) is 6. The van der Waals surface area contributed by atoms with E-state index in [0.29, 0.717) is 0 Å². The van der Waals surface area contributed by atoms with E-state index < -0.39 is 21.8 Å². The number of nitrogen functional groups attached to an aromatic ring is 1. The summed E-state index contributed by atoms with van der Waals surface area (Å²) in [6.45, 7) is 0. The van der Waals surface area contributed by atoms with Crippen LogP contribution in [-0.4, -0.2) is 36.1 Å². The van der Waals surface area contributed by atoms with E-state index in [1.54, 1.807) is 0 Å². The summed E-state index contributed by atoms with van der Waals surface area (Å²) in [6.07, 6.45) is -3.63. The van der Waals surface area contributed by atoms with Gasteiger partial charge in [-0.15, -0.1) is 11.8 Å². The highest BCUT2D eigenvalue weighted by atomic mass is 32.2. The van der Waals surface area contributed by atoms with Gasteiger partial charge in [0, 0.05) is 18.1 Å². The van der Waals surface area contributed by atoms with Crippen molar-refractivity contribution in [2.24, 2.45) is 0 Å². The summed E-state index contributed by atoms with van der Waals surface area (Å²) in [6, 6.07) is 1.17. The van der Waals surface area contributed by atoms with E-state index in [9.17, 15) is 21.6 Å². The van der Waals surface area contributed by atoms with E-state index in [2.05, 4.69) is 9.97 Å². The maximum absolute atomic E-state index is 12.4. The summed E-state index contributed by atoms with van der Waals surface area (Å²) in [4.78, 5) is 6.35. The van der Waals surface area contributed by atoms with Gasteiger partial charge in [0.15, 0.2) is 0 Å². The van der Waals surface area contributed by atoms with Crippen LogP contribution < -0.4 is 5.73 Å². The molecule has 0 bridgehead atoms. The van der Waals surface area contributed by atoms with Crippen LogP contribution in [0.3, 0.4) is 0 Å². The monoisotopic (exact) mass is 301 g/mol. The number of nitrogens with zero attached hydrogens (tertiary/aromatic N) is 2. The quantitative estimate of drug-likeness (QED) is 0.664. The van der Waals surface area contributed by atoms with Crippen LogP contribution in [0.2, 0.25) is 0 Å². The van der Waals surface area contributed by atoms with Crippen molar-refractivity contribution >= 4 is 27.4 Å². The minimum atomic E-state index is -4.68. The van der Waals surface area contributed by atoms with E-state index in [4.69, 9.17) is 5.73 Å². The van der Waals surface area contributed by atoms with Crippen LogP contribution in [0.15, 0.2) is 11.1 Å². The van der Waals surface area contributed by atoms with Crippen molar-refractivity contribution < 1.29 is 21.6 Å². The molecule has 102 valence electrons. The van der Waals surface area contributed by atoms with Gasteiger partial charge in [-0.25, -0.2) is 18.4 Å². The average molecular weight is 301 g/mol. The molecule has 0 amide bonds. The predicted molar refractivity (Wildman–Crippen MR) is 61.9 cm³/mol. The largest absolute Gasteiger partial charge is 0.451 e. The zero-order valence-corrected chi connectivity index (χ0v) is 10.9. The Morgan fingerprint density at radius 3 is 2.50 bits per heavy atom. The topological polar surface area (TPSA) is 85.9 Å². The van der Waals surface area contributed by atoms with Gasteiger partial charge in [0.2, 0.25) is 5.82 Å². The molecule has 0 aliphatic carbocycles. The first-order chi connectivity index (χ1) is 8.08. The first-order valence-corrected chi connectivity index (χ1v) is 7.65. The molecule has 2 N–H and O–H groups in total. The summed E-state index contributed by atoms with van der Waals surface area (Å²) >= 11 is 0.881. The first kappa shape index (κ1) is 15.0. The fourth-order valence-corrected chi connectivity index (χ4v) is 3.05. The first-order valence-electron chi connectivity index (χ1n) is 4.60. The van der Waals surface area contributed by atoms with Crippen molar-refractivity contribution in [2.75, 3.05) is 23.5 Å². The lowest BCUT2D eigenvalue weighted by molar-refractivity contribution is -0.145. The molecule has 18 heavy (non-hydrogen) atoms. The standard InChI is InChI=1S/C8H10F3N3O2S2/c1-18(15,16)3-2-17-6-4-5(12)13-7(14-6)8(9,10)11/h4H,2-3H2,1H3,(H2,12,13,14). The van der Waals surface area contributed by atoms with Crippen molar-refractivity contribution in [1.29, 1.82) is 0 Å². The van der Waals surface area contributed by atoms with Crippen LogP contribution in [0.4, 0.5) is 19.0 Å². The molecular weight excluding hydrogens is 291 g/mol. The zero-order chi connectivity index (χ0) is 14.0. The Hall–Kier alpha value is -1.03. The Bertz CT molecular complexity index is 531. The SMILES string of the molecule is CS(=O)(=O)CCSc1cc(N)nc(C(F)(F)F)n1. The maximum Gasteiger partial charge on any atom is 0.451 e. The summed E-state index contributed by atoms with van der Waals surface area (Å²) in [5.41, 5.74) is 5.23. The van der Waals surface area contributed by atoms with Crippen LogP contribution in [-0.2, 0) is 16.0 Å². The van der Waals surface area contributed by atoms with Crippen molar-refractivity contribution in [3.05, 3.63) is 11.9 Å². The second-order valence-corrected chi connectivity index (χ2v) is 6.81. The van der Waals surface area contributed by atoms with Crippen molar-refractivity contribution in [1.82, 2.24) is 9.97 Å².